The molecule has 0 aliphatic carbocycles. The molecule has 1 atom stereocenters. The highest BCUT2D eigenvalue weighted by molar-refractivity contribution is 7.58. The molecule has 0 saturated carbocycles. The molecule has 0 aromatic heterocycles. The van der Waals surface area contributed by atoms with E-state index in [0.717, 1.165) is 6.54 Å². The zero-order chi connectivity index (χ0) is 14.8. The van der Waals surface area contributed by atoms with E-state index in [1.807, 2.05) is 4.42 Å². The van der Waals surface area contributed by atoms with Gasteiger partial charge >= 0.3 is 0 Å². The lowest BCUT2D eigenvalue weighted by Crippen LogP contribution is -2.21. The average molecular weight is 300 g/mol. The van der Waals surface area contributed by atoms with Crippen LogP contribution >= 0.6 is 19.7 Å². The quantitative estimate of drug-likeness (QED) is 0.525. The molecule has 3 heteroatoms. The van der Waals surface area contributed by atoms with E-state index >= 15 is 0 Å². The first-order valence-electron chi connectivity index (χ1n) is 6.85. The second kappa shape index (κ2) is 6.46. The largest absolute Gasteiger partial charge is 0.284 e. The second-order valence-corrected chi connectivity index (χ2v) is 10.0. The molecular weight excluding hydrogens is 273 g/mol. The van der Waals surface area contributed by atoms with Crippen LogP contribution in [-0.2, 0) is 0 Å². The Bertz CT molecular complexity index is 414. The van der Waals surface area contributed by atoms with Gasteiger partial charge in [0.1, 0.15) is 0 Å². The summed E-state index contributed by atoms with van der Waals surface area (Å²) < 4.78 is 1.91. The zero-order valence-electron chi connectivity index (χ0n) is 13.3. The van der Waals surface area contributed by atoms with E-state index in [1.165, 1.54) is 28.5 Å². The monoisotopic (exact) mass is 299 g/mol. The first-order chi connectivity index (χ1) is 8.62. The third-order valence-corrected chi connectivity index (χ3v) is 7.15. The lowest BCUT2D eigenvalue weighted by Gasteiger charge is -2.30. The maximum absolute atomic E-state index is 6.51. The van der Waals surface area contributed by atoms with Crippen molar-refractivity contribution in [2.24, 2.45) is 0 Å². The molecule has 1 rings (SSSR count). The molecule has 1 nitrogen and oxygen atoms in total. The third-order valence-electron chi connectivity index (χ3n) is 3.65. The Morgan fingerprint density at radius 3 is 2.00 bits per heavy atom. The standard InChI is InChI=1S/C16H27ClNP/c1-12-10-13(2)15(14(3)11-12)18(17)8-9-19(7)16(4,5)6/h10-11H,8-9H2,1-7H3. The van der Waals surface area contributed by atoms with Gasteiger partial charge in [-0.05, 0) is 49.9 Å². The van der Waals surface area contributed by atoms with Crippen molar-refractivity contribution in [2.75, 3.05) is 23.8 Å². The first-order valence-corrected chi connectivity index (χ1v) is 9.16. The predicted octanol–water partition coefficient (Wildman–Crippen LogP) is 5.48. The molecule has 0 bridgehead atoms. The minimum Gasteiger partial charge on any atom is -0.284 e. The Hall–Kier alpha value is -0.260. The molecule has 1 unspecified atom stereocenters. The van der Waals surface area contributed by atoms with Crippen molar-refractivity contribution in [3.05, 3.63) is 28.8 Å². The van der Waals surface area contributed by atoms with E-state index in [0.29, 0.717) is 5.16 Å². The summed E-state index contributed by atoms with van der Waals surface area (Å²) in [7, 11) is 0.00391. The number of nitrogens with zero attached hydrogens (tertiary/aromatic N) is 1. The molecule has 0 aliphatic heterocycles. The van der Waals surface area contributed by atoms with Gasteiger partial charge in [0.05, 0.1) is 5.69 Å². The molecule has 19 heavy (non-hydrogen) atoms. The van der Waals surface area contributed by atoms with Gasteiger partial charge in [0.2, 0.25) is 0 Å². The molecule has 0 spiro atoms. The Morgan fingerprint density at radius 2 is 1.58 bits per heavy atom. The highest BCUT2D eigenvalue weighted by Gasteiger charge is 2.20. The highest BCUT2D eigenvalue weighted by Crippen LogP contribution is 2.45. The van der Waals surface area contributed by atoms with Gasteiger partial charge in [-0.1, -0.05) is 38.5 Å². The molecule has 0 heterocycles. The van der Waals surface area contributed by atoms with E-state index in [9.17, 15) is 0 Å². The van der Waals surface area contributed by atoms with Crippen molar-refractivity contribution >= 4 is 25.4 Å². The smallest absolute Gasteiger partial charge is 0.0581 e. The van der Waals surface area contributed by atoms with Gasteiger partial charge in [-0.3, -0.25) is 4.42 Å². The number of hydrogen-bond acceptors (Lipinski definition) is 1. The van der Waals surface area contributed by atoms with E-state index in [-0.39, 0.29) is 7.92 Å². The molecular formula is C16H27ClNP. The number of anilines is 1. The number of halogens is 1. The average Bonchev–Trinajstić information content (AvgIpc) is 2.22. The number of aryl methyl sites for hydroxylation is 3. The van der Waals surface area contributed by atoms with Crippen molar-refractivity contribution in [3.8, 4) is 0 Å². The maximum atomic E-state index is 6.51. The van der Waals surface area contributed by atoms with Gasteiger partial charge in [-0.15, -0.1) is 7.92 Å². The molecule has 0 aliphatic rings. The zero-order valence-corrected chi connectivity index (χ0v) is 15.0. The fraction of sp³-hybridized carbons (Fsp3) is 0.625. The Kier molecular flexibility index (Phi) is 5.71. The summed E-state index contributed by atoms with van der Waals surface area (Å²) in [6, 6.07) is 4.41. The predicted molar refractivity (Wildman–Crippen MR) is 91.3 cm³/mol. The van der Waals surface area contributed by atoms with E-state index in [1.54, 1.807) is 0 Å². The van der Waals surface area contributed by atoms with Gasteiger partial charge in [-0.2, -0.15) is 0 Å². The van der Waals surface area contributed by atoms with Crippen molar-refractivity contribution in [1.29, 1.82) is 0 Å². The Labute approximate surface area is 125 Å². The van der Waals surface area contributed by atoms with Crippen molar-refractivity contribution < 1.29 is 0 Å². The SMILES string of the molecule is Cc1cc(C)c(N(Cl)CCP(C)C(C)(C)C)c(C)c1. The third kappa shape index (κ3) is 4.65. The molecule has 0 amide bonds. The topological polar surface area (TPSA) is 3.24 Å². The summed E-state index contributed by atoms with van der Waals surface area (Å²) in [5, 5.41) is 0.407. The first kappa shape index (κ1) is 16.8. The second-order valence-electron chi connectivity index (χ2n) is 6.43. The van der Waals surface area contributed by atoms with Crippen LogP contribution in [0.1, 0.15) is 37.5 Å². The molecule has 0 N–H and O–H groups in total. The fourth-order valence-corrected chi connectivity index (χ4v) is 3.88. The van der Waals surface area contributed by atoms with Crippen molar-refractivity contribution in [1.82, 2.24) is 0 Å². The molecule has 0 fully saturated rings. The van der Waals surface area contributed by atoms with Crippen LogP contribution in [0.15, 0.2) is 12.1 Å². The van der Waals surface area contributed by atoms with E-state index in [4.69, 9.17) is 11.8 Å². The van der Waals surface area contributed by atoms with Crippen LogP contribution in [0, 0.1) is 20.8 Å². The van der Waals surface area contributed by atoms with Crippen LogP contribution in [0.4, 0.5) is 5.69 Å². The Morgan fingerprint density at radius 1 is 1.11 bits per heavy atom. The normalized spacial score (nSPS) is 13.5. The molecule has 0 saturated heterocycles. The summed E-state index contributed by atoms with van der Waals surface area (Å²) in [6.45, 7) is 16.7. The summed E-state index contributed by atoms with van der Waals surface area (Å²) in [4.78, 5) is 0. The van der Waals surface area contributed by atoms with E-state index < -0.39 is 0 Å². The van der Waals surface area contributed by atoms with Gasteiger partial charge in [-0.25, -0.2) is 0 Å². The number of rotatable bonds is 4. The minimum absolute atomic E-state index is 0.00391. The van der Waals surface area contributed by atoms with Crippen molar-refractivity contribution in [2.45, 2.75) is 46.7 Å². The van der Waals surface area contributed by atoms with E-state index in [2.05, 4.69) is 60.3 Å². The van der Waals surface area contributed by atoms with Crippen LogP contribution in [0.3, 0.4) is 0 Å². The summed E-state index contributed by atoms with van der Waals surface area (Å²) in [5.41, 5.74) is 5.02. The van der Waals surface area contributed by atoms with Crippen LogP contribution in [-0.4, -0.2) is 24.5 Å². The van der Waals surface area contributed by atoms with Crippen molar-refractivity contribution in [3.63, 3.8) is 0 Å². The van der Waals surface area contributed by atoms with Gasteiger partial charge in [0.15, 0.2) is 0 Å². The highest BCUT2D eigenvalue weighted by atomic mass is 35.5. The lowest BCUT2D eigenvalue weighted by atomic mass is 10.1. The van der Waals surface area contributed by atoms with Crippen LogP contribution in [0.5, 0.6) is 0 Å². The molecule has 1 aromatic rings. The summed E-state index contributed by atoms with van der Waals surface area (Å²) in [5.74, 6) is 0. The Balaban J connectivity index is 2.77. The maximum Gasteiger partial charge on any atom is 0.0581 e. The number of hydrogen-bond donors (Lipinski definition) is 0. The van der Waals surface area contributed by atoms with Gasteiger partial charge in [0, 0.05) is 18.3 Å². The van der Waals surface area contributed by atoms with Gasteiger partial charge in [0.25, 0.3) is 0 Å². The molecule has 108 valence electrons. The molecule has 0 radical (unpaired) electrons. The van der Waals surface area contributed by atoms with Crippen LogP contribution in [0.25, 0.3) is 0 Å². The van der Waals surface area contributed by atoms with Gasteiger partial charge < -0.3 is 0 Å². The number of benzene rings is 1. The molecule has 1 aromatic carbocycles. The lowest BCUT2D eigenvalue weighted by molar-refractivity contribution is 0.782. The fourth-order valence-electron chi connectivity index (χ4n) is 2.24. The minimum atomic E-state index is 0.00391. The summed E-state index contributed by atoms with van der Waals surface area (Å²) in [6.07, 6.45) is 1.18. The van der Waals surface area contributed by atoms with Crippen LogP contribution < -0.4 is 4.42 Å². The summed E-state index contributed by atoms with van der Waals surface area (Å²) >= 11 is 6.51. The van der Waals surface area contributed by atoms with Crippen LogP contribution in [0.2, 0.25) is 0 Å².